The van der Waals surface area contributed by atoms with E-state index in [1.165, 1.54) is 6.07 Å². The Balaban J connectivity index is 2.31. The summed E-state index contributed by atoms with van der Waals surface area (Å²) >= 11 is 0. The molecule has 0 aromatic heterocycles. The van der Waals surface area contributed by atoms with Gasteiger partial charge in [0.2, 0.25) is 0 Å². The minimum atomic E-state index is -0.314. The summed E-state index contributed by atoms with van der Waals surface area (Å²) in [6.07, 6.45) is 5.47. The quantitative estimate of drug-likeness (QED) is 0.634. The van der Waals surface area contributed by atoms with Gasteiger partial charge in [0.15, 0.2) is 0 Å². The van der Waals surface area contributed by atoms with Crippen LogP contribution in [0.1, 0.15) is 25.0 Å². The van der Waals surface area contributed by atoms with E-state index < -0.39 is 0 Å². The Hall–Kier alpha value is -1.33. The monoisotopic (exact) mass is 203 g/mol. The van der Waals surface area contributed by atoms with Crippen molar-refractivity contribution in [3.05, 3.63) is 35.1 Å². The van der Waals surface area contributed by atoms with Crippen molar-refractivity contribution >= 4 is 0 Å². The summed E-state index contributed by atoms with van der Waals surface area (Å²) < 4.78 is 13.5. The van der Waals surface area contributed by atoms with Crippen molar-refractivity contribution in [2.45, 2.75) is 32.5 Å². The highest BCUT2D eigenvalue weighted by Crippen LogP contribution is 2.30. The van der Waals surface area contributed by atoms with Crippen LogP contribution in [0, 0.1) is 18.2 Å². The zero-order valence-electron chi connectivity index (χ0n) is 9.05. The Morgan fingerprint density at radius 3 is 2.73 bits per heavy atom. The average Bonchev–Trinajstić information content (AvgIpc) is 2.64. The van der Waals surface area contributed by atoms with Crippen LogP contribution in [0.25, 0.3) is 0 Å². The standard InChI is InChI=1S/C13H14FN/c1-4-13(2,3)15-8-10-6-5-7-12(14)11(10)9-15/h1,5-7H,8-9H2,2-3H3. The minimum Gasteiger partial charge on any atom is -0.279 e. The lowest BCUT2D eigenvalue weighted by Crippen LogP contribution is -2.38. The molecule has 1 aliphatic heterocycles. The first-order chi connectivity index (χ1) is 7.04. The van der Waals surface area contributed by atoms with E-state index in [0.717, 1.165) is 17.7 Å². The van der Waals surface area contributed by atoms with E-state index in [0.29, 0.717) is 6.54 Å². The summed E-state index contributed by atoms with van der Waals surface area (Å²) in [5.74, 6) is 2.62. The topological polar surface area (TPSA) is 3.24 Å². The van der Waals surface area contributed by atoms with Gasteiger partial charge < -0.3 is 0 Å². The second-order valence-electron chi connectivity index (χ2n) is 4.44. The third-order valence-corrected chi connectivity index (χ3v) is 3.07. The molecule has 0 fully saturated rings. The van der Waals surface area contributed by atoms with E-state index >= 15 is 0 Å². The highest BCUT2D eigenvalue weighted by molar-refractivity contribution is 5.33. The average molecular weight is 203 g/mol. The van der Waals surface area contributed by atoms with E-state index in [-0.39, 0.29) is 11.4 Å². The van der Waals surface area contributed by atoms with Gasteiger partial charge in [0.05, 0.1) is 5.54 Å². The Labute approximate surface area is 89.9 Å². The molecule has 0 N–H and O–H groups in total. The SMILES string of the molecule is C#CC(C)(C)N1Cc2cccc(F)c2C1. The van der Waals surface area contributed by atoms with Crippen LogP contribution in [0.2, 0.25) is 0 Å². The highest BCUT2D eigenvalue weighted by atomic mass is 19.1. The molecule has 1 aromatic carbocycles. The Morgan fingerprint density at radius 2 is 2.13 bits per heavy atom. The van der Waals surface area contributed by atoms with Crippen molar-refractivity contribution in [1.82, 2.24) is 4.90 Å². The zero-order valence-corrected chi connectivity index (χ0v) is 9.05. The van der Waals surface area contributed by atoms with Gasteiger partial charge in [-0.15, -0.1) is 6.42 Å². The second-order valence-corrected chi connectivity index (χ2v) is 4.44. The number of benzene rings is 1. The molecule has 0 bridgehead atoms. The predicted molar refractivity (Wildman–Crippen MR) is 58.6 cm³/mol. The maximum atomic E-state index is 13.5. The third-order valence-electron chi connectivity index (χ3n) is 3.07. The molecule has 0 unspecified atom stereocenters. The number of hydrogen-bond acceptors (Lipinski definition) is 1. The number of fused-ring (bicyclic) bond motifs is 1. The molecule has 0 atom stereocenters. The van der Waals surface area contributed by atoms with Crippen LogP contribution in [0.3, 0.4) is 0 Å². The normalized spacial score (nSPS) is 16.1. The van der Waals surface area contributed by atoms with Gasteiger partial charge in [0.25, 0.3) is 0 Å². The van der Waals surface area contributed by atoms with Crippen molar-refractivity contribution in [1.29, 1.82) is 0 Å². The van der Waals surface area contributed by atoms with Crippen molar-refractivity contribution in [2.75, 3.05) is 0 Å². The van der Waals surface area contributed by atoms with Crippen molar-refractivity contribution in [2.24, 2.45) is 0 Å². The first-order valence-corrected chi connectivity index (χ1v) is 5.03. The molecule has 2 rings (SSSR count). The number of hydrogen-bond donors (Lipinski definition) is 0. The fourth-order valence-electron chi connectivity index (χ4n) is 1.87. The lowest BCUT2D eigenvalue weighted by Gasteiger charge is -2.30. The van der Waals surface area contributed by atoms with Crippen LogP contribution in [0.4, 0.5) is 4.39 Å². The molecule has 0 amide bonds. The smallest absolute Gasteiger partial charge is 0.128 e. The fraction of sp³-hybridized carbons (Fsp3) is 0.385. The first-order valence-electron chi connectivity index (χ1n) is 5.03. The lowest BCUT2D eigenvalue weighted by atomic mass is 10.1. The number of rotatable bonds is 1. The van der Waals surface area contributed by atoms with Crippen molar-refractivity contribution < 1.29 is 4.39 Å². The first kappa shape index (κ1) is 10.2. The van der Waals surface area contributed by atoms with E-state index in [1.807, 2.05) is 19.9 Å². The summed E-state index contributed by atoms with van der Waals surface area (Å²) in [4.78, 5) is 2.11. The summed E-state index contributed by atoms with van der Waals surface area (Å²) in [7, 11) is 0. The van der Waals surface area contributed by atoms with E-state index in [4.69, 9.17) is 6.42 Å². The molecular formula is C13H14FN. The van der Waals surface area contributed by atoms with Gasteiger partial charge in [-0.25, -0.2) is 4.39 Å². The maximum absolute atomic E-state index is 13.5. The molecule has 0 spiro atoms. The predicted octanol–water partition coefficient (Wildman–Crippen LogP) is 2.55. The largest absolute Gasteiger partial charge is 0.279 e. The molecule has 0 saturated heterocycles. The molecule has 0 saturated carbocycles. The molecule has 2 heteroatoms. The van der Waals surface area contributed by atoms with Crippen LogP contribution < -0.4 is 0 Å². The summed E-state index contributed by atoms with van der Waals surface area (Å²) in [5.41, 5.74) is 1.53. The molecule has 1 aliphatic rings. The molecule has 15 heavy (non-hydrogen) atoms. The van der Waals surface area contributed by atoms with Crippen LogP contribution in [-0.4, -0.2) is 10.4 Å². The third kappa shape index (κ3) is 1.64. The Bertz CT molecular complexity index is 429. The second kappa shape index (κ2) is 3.36. The van der Waals surface area contributed by atoms with Crippen LogP contribution in [0.15, 0.2) is 18.2 Å². The molecule has 1 aromatic rings. The van der Waals surface area contributed by atoms with Gasteiger partial charge in [-0.05, 0) is 25.5 Å². The van der Waals surface area contributed by atoms with E-state index in [2.05, 4.69) is 10.8 Å². The molecule has 0 aliphatic carbocycles. The van der Waals surface area contributed by atoms with Crippen molar-refractivity contribution in [3.63, 3.8) is 0 Å². The van der Waals surface area contributed by atoms with Gasteiger partial charge in [-0.1, -0.05) is 18.1 Å². The van der Waals surface area contributed by atoms with Crippen LogP contribution >= 0.6 is 0 Å². The fourth-order valence-corrected chi connectivity index (χ4v) is 1.87. The zero-order chi connectivity index (χ0) is 11.1. The van der Waals surface area contributed by atoms with Gasteiger partial charge >= 0.3 is 0 Å². The Kier molecular flexibility index (Phi) is 2.28. The summed E-state index contributed by atoms with van der Waals surface area (Å²) in [6.45, 7) is 5.32. The Morgan fingerprint density at radius 1 is 1.40 bits per heavy atom. The molecule has 78 valence electrons. The summed E-state index contributed by atoms with van der Waals surface area (Å²) in [5, 5.41) is 0. The summed E-state index contributed by atoms with van der Waals surface area (Å²) in [6, 6.07) is 5.22. The lowest BCUT2D eigenvalue weighted by molar-refractivity contribution is 0.170. The van der Waals surface area contributed by atoms with Gasteiger partial charge in [0, 0.05) is 18.7 Å². The number of terminal acetylenes is 1. The minimum absolute atomic E-state index is 0.122. The molecule has 0 radical (unpaired) electrons. The van der Waals surface area contributed by atoms with Crippen LogP contribution in [0.5, 0.6) is 0 Å². The number of halogens is 1. The highest BCUT2D eigenvalue weighted by Gasteiger charge is 2.31. The van der Waals surface area contributed by atoms with E-state index in [1.54, 1.807) is 6.07 Å². The van der Waals surface area contributed by atoms with Gasteiger partial charge in [-0.3, -0.25) is 4.90 Å². The van der Waals surface area contributed by atoms with Gasteiger partial charge in [0.1, 0.15) is 5.82 Å². The molecule has 1 nitrogen and oxygen atoms in total. The van der Waals surface area contributed by atoms with Crippen molar-refractivity contribution in [3.8, 4) is 12.3 Å². The van der Waals surface area contributed by atoms with E-state index in [9.17, 15) is 4.39 Å². The van der Waals surface area contributed by atoms with Crippen LogP contribution in [-0.2, 0) is 13.1 Å². The molecular weight excluding hydrogens is 189 g/mol. The maximum Gasteiger partial charge on any atom is 0.128 e. The molecule has 1 heterocycles. The number of nitrogens with zero attached hydrogens (tertiary/aromatic N) is 1. The van der Waals surface area contributed by atoms with Gasteiger partial charge in [-0.2, -0.15) is 0 Å².